The van der Waals surface area contributed by atoms with Crippen LogP contribution >= 0.6 is 0 Å². The third-order valence-corrected chi connectivity index (χ3v) is 8.65. The predicted molar refractivity (Wildman–Crippen MR) is 118 cm³/mol. The van der Waals surface area contributed by atoms with Crippen molar-refractivity contribution in [3.05, 3.63) is 65.0 Å². The van der Waals surface area contributed by atoms with Crippen molar-refractivity contribution in [2.24, 2.45) is 0 Å². The average molecular weight is 462 g/mol. The molecule has 1 aliphatic rings. The van der Waals surface area contributed by atoms with Gasteiger partial charge >= 0.3 is 5.97 Å². The average Bonchev–Trinajstić information content (AvgIpc) is 3.27. The van der Waals surface area contributed by atoms with Crippen LogP contribution < -0.4 is 0 Å². The number of aryl methyl sites for hydroxylation is 2. The van der Waals surface area contributed by atoms with E-state index in [0.29, 0.717) is 12.8 Å². The number of nitrogens with zero attached hydrogens (tertiary/aromatic N) is 1. The van der Waals surface area contributed by atoms with E-state index in [9.17, 15) is 22.4 Å². The van der Waals surface area contributed by atoms with Crippen LogP contribution in [0, 0.1) is 19.7 Å². The van der Waals surface area contributed by atoms with Gasteiger partial charge in [0.2, 0.25) is 0 Å². The van der Waals surface area contributed by atoms with Gasteiger partial charge in [-0.15, -0.1) is 0 Å². The number of ether oxygens (including phenoxy) is 1. The van der Waals surface area contributed by atoms with E-state index >= 15 is 0 Å². The lowest BCUT2D eigenvalue weighted by Crippen LogP contribution is -2.46. The second-order valence-corrected chi connectivity index (χ2v) is 10.7. The summed E-state index contributed by atoms with van der Waals surface area (Å²) in [4.78, 5) is 27.0. The summed E-state index contributed by atoms with van der Waals surface area (Å²) < 4.78 is 43.6. The number of halogens is 1. The first-order chi connectivity index (χ1) is 15.1. The van der Waals surface area contributed by atoms with Crippen molar-refractivity contribution in [1.29, 1.82) is 0 Å². The monoisotopic (exact) mass is 461 g/mol. The highest BCUT2D eigenvalue weighted by Gasteiger charge is 2.54. The van der Waals surface area contributed by atoms with Crippen molar-refractivity contribution in [2.45, 2.75) is 55.7 Å². The largest absolute Gasteiger partial charge is 0.454 e. The lowest BCUT2D eigenvalue weighted by Gasteiger charge is -2.27. The van der Waals surface area contributed by atoms with E-state index in [-0.39, 0.29) is 30.1 Å². The van der Waals surface area contributed by atoms with Gasteiger partial charge in [0.25, 0.3) is 5.91 Å². The fourth-order valence-electron chi connectivity index (χ4n) is 3.96. The maximum absolute atomic E-state index is 13.5. The zero-order valence-corrected chi connectivity index (χ0v) is 19.4. The van der Waals surface area contributed by atoms with Gasteiger partial charge in [0.05, 0.1) is 4.90 Å². The van der Waals surface area contributed by atoms with Crippen molar-refractivity contribution in [2.75, 3.05) is 13.7 Å². The Morgan fingerprint density at radius 1 is 1.03 bits per heavy atom. The Morgan fingerprint density at radius 3 is 2.25 bits per heavy atom. The Hall–Kier alpha value is -2.74. The number of benzene rings is 2. The van der Waals surface area contributed by atoms with Crippen LogP contribution in [-0.4, -0.2) is 43.6 Å². The Kier molecular flexibility index (Phi) is 7.03. The number of amides is 1. The molecule has 172 valence electrons. The molecule has 0 heterocycles. The van der Waals surface area contributed by atoms with Crippen LogP contribution in [0.4, 0.5) is 4.39 Å². The van der Waals surface area contributed by atoms with Crippen molar-refractivity contribution in [3.63, 3.8) is 0 Å². The van der Waals surface area contributed by atoms with Crippen LogP contribution in [0.2, 0.25) is 0 Å². The van der Waals surface area contributed by atoms with Crippen LogP contribution in [-0.2, 0) is 30.7 Å². The van der Waals surface area contributed by atoms with Crippen molar-refractivity contribution in [3.8, 4) is 0 Å². The zero-order chi connectivity index (χ0) is 23.5. The topological polar surface area (TPSA) is 80.7 Å². The summed E-state index contributed by atoms with van der Waals surface area (Å²) >= 11 is 0. The molecular formula is C24H28FNO5S. The Morgan fingerprint density at radius 2 is 1.66 bits per heavy atom. The molecule has 1 fully saturated rings. The van der Waals surface area contributed by atoms with E-state index in [0.717, 1.165) is 16.7 Å². The highest BCUT2D eigenvalue weighted by Crippen LogP contribution is 2.41. The second kappa shape index (κ2) is 9.40. The molecule has 0 radical (unpaired) electrons. The number of rotatable bonds is 7. The molecule has 1 saturated carbocycles. The van der Waals surface area contributed by atoms with Crippen LogP contribution in [0.25, 0.3) is 0 Å². The quantitative estimate of drug-likeness (QED) is 0.587. The van der Waals surface area contributed by atoms with E-state index in [1.54, 1.807) is 24.3 Å². The van der Waals surface area contributed by atoms with Gasteiger partial charge in [0, 0.05) is 13.6 Å². The predicted octanol–water partition coefficient (Wildman–Crippen LogP) is 3.73. The van der Waals surface area contributed by atoms with Gasteiger partial charge in [-0.05, 0) is 67.6 Å². The number of sulfone groups is 1. The SMILES string of the molecule is Cc1ccc(S(=O)(=O)C2(C(=O)OCC(=O)N(C)Cc3ccc(F)cc3)CCCC2)cc1C. The molecule has 8 heteroatoms. The molecule has 2 aromatic rings. The van der Waals surface area contributed by atoms with Gasteiger partial charge in [-0.2, -0.15) is 0 Å². The molecular weight excluding hydrogens is 433 g/mol. The summed E-state index contributed by atoms with van der Waals surface area (Å²) in [6, 6.07) is 10.6. The molecule has 0 spiro atoms. The van der Waals surface area contributed by atoms with E-state index < -0.39 is 33.1 Å². The fourth-order valence-corrected chi connectivity index (χ4v) is 6.09. The summed E-state index contributed by atoms with van der Waals surface area (Å²) in [6.45, 7) is 3.37. The number of carbonyl (C=O) groups is 2. The maximum atomic E-state index is 13.5. The minimum absolute atomic E-state index is 0.0965. The zero-order valence-electron chi connectivity index (χ0n) is 18.6. The third kappa shape index (κ3) is 4.70. The van der Waals surface area contributed by atoms with Crippen molar-refractivity contribution < 1.29 is 27.1 Å². The summed E-state index contributed by atoms with van der Waals surface area (Å²) in [5.41, 5.74) is 2.50. The van der Waals surface area contributed by atoms with E-state index in [1.165, 1.54) is 30.1 Å². The van der Waals surface area contributed by atoms with Gasteiger partial charge in [0.15, 0.2) is 21.2 Å². The minimum atomic E-state index is -3.99. The van der Waals surface area contributed by atoms with Crippen molar-refractivity contribution >= 4 is 21.7 Å². The molecule has 0 unspecified atom stereocenters. The number of esters is 1. The van der Waals surface area contributed by atoms with E-state index in [2.05, 4.69) is 0 Å². The first-order valence-corrected chi connectivity index (χ1v) is 12.0. The number of hydrogen-bond acceptors (Lipinski definition) is 5. The Labute approximate surface area is 188 Å². The summed E-state index contributed by atoms with van der Waals surface area (Å²) in [5, 5.41) is 0. The summed E-state index contributed by atoms with van der Waals surface area (Å²) in [6.07, 6.45) is 1.52. The highest BCUT2D eigenvalue weighted by molar-refractivity contribution is 7.93. The van der Waals surface area contributed by atoms with Crippen molar-refractivity contribution in [1.82, 2.24) is 4.90 Å². The molecule has 2 aromatic carbocycles. The smallest absolute Gasteiger partial charge is 0.328 e. The normalized spacial score (nSPS) is 15.4. The molecule has 0 atom stereocenters. The number of hydrogen-bond donors (Lipinski definition) is 0. The van der Waals surface area contributed by atoms with Gasteiger partial charge < -0.3 is 9.64 Å². The highest BCUT2D eigenvalue weighted by atomic mass is 32.2. The molecule has 0 bridgehead atoms. The second-order valence-electron chi connectivity index (χ2n) is 8.40. The minimum Gasteiger partial charge on any atom is -0.454 e. The molecule has 0 N–H and O–H groups in total. The molecule has 1 aliphatic carbocycles. The molecule has 32 heavy (non-hydrogen) atoms. The summed E-state index contributed by atoms with van der Waals surface area (Å²) in [5.74, 6) is -1.72. The van der Waals surface area contributed by atoms with Gasteiger partial charge in [-0.3, -0.25) is 9.59 Å². The van der Waals surface area contributed by atoms with Gasteiger partial charge in [-0.1, -0.05) is 31.0 Å². The first-order valence-electron chi connectivity index (χ1n) is 10.5. The Bertz CT molecular complexity index is 1110. The third-order valence-electron chi connectivity index (χ3n) is 6.17. The molecule has 0 aromatic heterocycles. The van der Waals surface area contributed by atoms with Crippen LogP contribution in [0.3, 0.4) is 0 Å². The number of carbonyl (C=O) groups excluding carboxylic acids is 2. The van der Waals surface area contributed by atoms with E-state index in [4.69, 9.17) is 4.74 Å². The molecule has 6 nitrogen and oxygen atoms in total. The first kappa shape index (κ1) is 23.9. The maximum Gasteiger partial charge on any atom is 0.328 e. The number of likely N-dealkylation sites (N-methyl/N-ethyl adjacent to an activating group) is 1. The van der Waals surface area contributed by atoms with Gasteiger partial charge in [-0.25, -0.2) is 12.8 Å². The lowest BCUT2D eigenvalue weighted by atomic mass is 10.1. The standard InChI is InChI=1S/C24H28FNO5S/c1-17-6-11-21(14-18(17)2)32(29,30)24(12-4-5-13-24)23(28)31-16-22(27)26(3)15-19-7-9-20(25)10-8-19/h6-11,14H,4-5,12-13,15-16H2,1-3H3. The molecule has 1 amide bonds. The van der Waals surface area contributed by atoms with Crippen LogP contribution in [0.1, 0.15) is 42.4 Å². The fraction of sp³-hybridized carbons (Fsp3) is 0.417. The lowest BCUT2D eigenvalue weighted by molar-refractivity contribution is -0.153. The molecule has 3 rings (SSSR count). The molecule has 0 saturated heterocycles. The van der Waals surface area contributed by atoms with Crippen LogP contribution in [0.15, 0.2) is 47.4 Å². The van der Waals surface area contributed by atoms with E-state index in [1.807, 2.05) is 13.8 Å². The Balaban J connectivity index is 1.72. The van der Waals surface area contributed by atoms with Gasteiger partial charge in [0.1, 0.15) is 5.82 Å². The van der Waals surface area contributed by atoms with Crippen LogP contribution in [0.5, 0.6) is 0 Å². The summed E-state index contributed by atoms with van der Waals surface area (Å²) in [7, 11) is -2.46. The molecule has 0 aliphatic heterocycles.